The summed E-state index contributed by atoms with van der Waals surface area (Å²) in [6.07, 6.45) is 2.97. The Hall–Kier alpha value is -1.87. The molecule has 0 bridgehead atoms. The van der Waals surface area contributed by atoms with Crippen molar-refractivity contribution in [3.8, 4) is 0 Å². The Balaban J connectivity index is 1.90. The zero-order valence-electron chi connectivity index (χ0n) is 13.3. The largest absolute Gasteiger partial charge is 0.351 e. The van der Waals surface area contributed by atoms with Crippen molar-refractivity contribution >= 4 is 45.3 Å². The van der Waals surface area contributed by atoms with Crippen LogP contribution in [0.2, 0.25) is 0 Å². The minimum atomic E-state index is -0.899. The van der Waals surface area contributed by atoms with Crippen LogP contribution in [-0.2, 0) is 17.6 Å². The molecule has 0 fully saturated rings. The van der Waals surface area contributed by atoms with E-state index in [-0.39, 0.29) is 5.56 Å². The van der Waals surface area contributed by atoms with E-state index in [1.165, 1.54) is 4.88 Å². The molecule has 0 saturated carbocycles. The van der Waals surface area contributed by atoms with E-state index in [4.69, 9.17) is 5.73 Å². The fourth-order valence-electron chi connectivity index (χ4n) is 2.83. The summed E-state index contributed by atoms with van der Waals surface area (Å²) in [6.45, 7) is 3.83. The van der Waals surface area contributed by atoms with Gasteiger partial charge in [-0.25, -0.2) is 9.78 Å². The lowest BCUT2D eigenvalue weighted by Crippen LogP contribution is -2.39. The molecule has 0 aromatic carbocycles. The maximum Gasteiger partial charge on any atom is 0.318 e. The number of nitrogens with two attached hydrogens (primary N) is 1. The lowest BCUT2D eigenvalue weighted by molar-refractivity contribution is -0.119. The van der Waals surface area contributed by atoms with Gasteiger partial charge in [0.1, 0.15) is 4.83 Å². The first-order chi connectivity index (χ1) is 11.3. The first-order valence-corrected chi connectivity index (χ1v) is 9.36. The average Bonchev–Trinajstić information content (AvgIpc) is 2.83. The van der Waals surface area contributed by atoms with Gasteiger partial charge in [-0.2, -0.15) is 0 Å². The van der Waals surface area contributed by atoms with Crippen molar-refractivity contribution in [3.63, 3.8) is 0 Å². The zero-order valence-corrected chi connectivity index (χ0v) is 15.0. The Morgan fingerprint density at radius 1 is 1.50 bits per heavy atom. The van der Waals surface area contributed by atoms with Gasteiger partial charge in [0.25, 0.3) is 5.56 Å². The number of amides is 3. The first-order valence-electron chi connectivity index (χ1n) is 7.66. The molecule has 2 aromatic heterocycles. The molecule has 0 unspecified atom stereocenters. The number of aromatic nitrogens is 2. The van der Waals surface area contributed by atoms with Crippen molar-refractivity contribution in [3.05, 3.63) is 20.8 Å². The topological polar surface area (TPSA) is 118 Å². The summed E-state index contributed by atoms with van der Waals surface area (Å²) in [5.74, 6) is 0.102. The quantitative estimate of drug-likeness (QED) is 0.565. The van der Waals surface area contributed by atoms with E-state index >= 15 is 0 Å². The molecular weight excluding hydrogens is 348 g/mol. The molecule has 3 amide bonds. The predicted octanol–water partition coefficient (Wildman–Crippen LogP) is 1.78. The number of carbonyl (C=O) groups is 2. The van der Waals surface area contributed by atoms with Gasteiger partial charge < -0.3 is 10.7 Å². The third-order valence-corrected chi connectivity index (χ3v) is 6.18. The van der Waals surface area contributed by atoms with Crippen LogP contribution in [0.4, 0.5) is 4.79 Å². The molecule has 0 saturated heterocycles. The molecule has 0 aliphatic heterocycles. The third kappa shape index (κ3) is 3.32. The molecule has 24 heavy (non-hydrogen) atoms. The fraction of sp³-hybridized carbons (Fsp3) is 0.467. The molecule has 2 heterocycles. The minimum absolute atomic E-state index is 0.169. The van der Waals surface area contributed by atoms with Crippen LogP contribution in [-0.4, -0.2) is 27.2 Å². The van der Waals surface area contributed by atoms with Crippen molar-refractivity contribution in [1.82, 2.24) is 15.3 Å². The van der Waals surface area contributed by atoms with Crippen LogP contribution in [0.5, 0.6) is 0 Å². The van der Waals surface area contributed by atoms with Crippen LogP contribution < -0.4 is 16.6 Å². The summed E-state index contributed by atoms with van der Waals surface area (Å²) in [7, 11) is 0. The number of carbonyl (C=O) groups excluding carboxylic acids is 2. The average molecular weight is 366 g/mol. The van der Waals surface area contributed by atoms with Gasteiger partial charge in [-0.15, -0.1) is 11.3 Å². The number of nitrogens with one attached hydrogen (secondary N) is 2. The molecule has 1 aliphatic carbocycles. The smallest absolute Gasteiger partial charge is 0.318 e. The maximum absolute atomic E-state index is 12.5. The molecule has 3 rings (SSSR count). The monoisotopic (exact) mass is 366 g/mol. The van der Waals surface area contributed by atoms with E-state index in [1.807, 2.05) is 5.32 Å². The number of thiophene rings is 1. The van der Waals surface area contributed by atoms with E-state index in [0.717, 1.165) is 36.6 Å². The highest BCUT2D eigenvalue weighted by Gasteiger charge is 2.24. The summed E-state index contributed by atoms with van der Waals surface area (Å²) >= 11 is 2.65. The Morgan fingerprint density at radius 3 is 2.96 bits per heavy atom. The van der Waals surface area contributed by atoms with Gasteiger partial charge in [0.15, 0.2) is 5.16 Å². The molecule has 1 aliphatic rings. The van der Waals surface area contributed by atoms with Crippen molar-refractivity contribution < 1.29 is 9.59 Å². The number of aromatic amines is 1. The van der Waals surface area contributed by atoms with Crippen LogP contribution in [0, 0.1) is 5.92 Å². The Bertz CT molecular complexity index is 873. The van der Waals surface area contributed by atoms with E-state index in [0.29, 0.717) is 21.3 Å². The third-order valence-electron chi connectivity index (χ3n) is 4.05. The summed E-state index contributed by atoms with van der Waals surface area (Å²) < 4.78 is 0. The SMILES string of the molecule is C[C@@H]1CCc2c(sc3nc(S[C@@H](C)C(=O)NC(N)=O)[nH]c(=O)c23)C1. The predicted molar refractivity (Wildman–Crippen MR) is 94.5 cm³/mol. The lowest BCUT2D eigenvalue weighted by Gasteiger charge is -2.17. The summed E-state index contributed by atoms with van der Waals surface area (Å²) in [4.78, 5) is 44.2. The standard InChI is InChI=1S/C15H18N4O3S2/c1-6-3-4-8-9(5-6)24-13-10(8)12(21)18-15(19-13)23-7(2)11(20)17-14(16)22/h6-7H,3-5H2,1-2H3,(H,18,19,21)(H3,16,17,20,22)/t6-,7+/m1/s1. The van der Waals surface area contributed by atoms with Crippen LogP contribution in [0.25, 0.3) is 10.2 Å². The molecule has 0 spiro atoms. The second kappa shape index (κ2) is 6.56. The van der Waals surface area contributed by atoms with E-state index in [1.54, 1.807) is 18.3 Å². The maximum atomic E-state index is 12.5. The Labute approximate surface area is 146 Å². The Morgan fingerprint density at radius 2 is 2.25 bits per heavy atom. The number of hydrogen-bond acceptors (Lipinski definition) is 6. The first kappa shape index (κ1) is 17.0. The second-order valence-electron chi connectivity index (χ2n) is 6.02. The van der Waals surface area contributed by atoms with E-state index < -0.39 is 17.2 Å². The summed E-state index contributed by atoms with van der Waals surface area (Å²) in [5, 5.41) is 2.47. The lowest BCUT2D eigenvalue weighted by atomic mass is 9.89. The molecule has 0 radical (unpaired) electrons. The van der Waals surface area contributed by atoms with Crippen LogP contribution >= 0.6 is 23.1 Å². The minimum Gasteiger partial charge on any atom is -0.351 e. The van der Waals surface area contributed by atoms with Crippen LogP contribution in [0.3, 0.4) is 0 Å². The van der Waals surface area contributed by atoms with Crippen molar-refractivity contribution in [2.24, 2.45) is 11.7 Å². The number of H-pyrrole nitrogens is 1. The van der Waals surface area contributed by atoms with Crippen molar-refractivity contribution in [2.75, 3.05) is 0 Å². The molecule has 128 valence electrons. The number of nitrogens with zero attached hydrogens (tertiary/aromatic N) is 1. The van der Waals surface area contributed by atoms with Gasteiger partial charge in [0.2, 0.25) is 5.91 Å². The molecule has 2 atom stereocenters. The van der Waals surface area contributed by atoms with Gasteiger partial charge in [-0.3, -0.25) is 14.9 Å². The number of thioether (sulfide) groups is 1. The number of hydrogen-bond donors (Lipinski definition) is 3. The van der Waals surface area contributed by atoms with E-state index in [9.17, 15) is 14.4 Å². The molecule has 9 heteroatoms. The van der Waals surface area contributed by atoms with Gasteiger partial charge >= 0.3 is 6.03 Å². The van der Waals surface area contributed by atoms with Gasteiger partial charge in [-0.05, 0) is 37.7 Å². The zero-order chi connectivity index (χ0) is 17.4. The number of primary amides is 1. The molecular formula is C15H18N4O3S2. The second-order valence-corrected chi connectivity index (χ2v) is 8.43. The highest BCUT2D eigenvalue weighted by atomic mass is 32.2. The highest BCUT2D eigenvalue weighted by molar-refractivity contribution is 8.00. The van der Waals surface area contributed by atoms with Crippen molar-refractivity contribution in [1.29, 1.82) is 0 Å². The number of fused-ring (bicyclic) bond motifs is 3. The summed E-state index contributed by atoms with van der Waals surface area (Å²) in [5.41, 5.74) is 5.89. The number of urea groups is 1. The molecule has 7 nitrogen and oxygen atoms in total. The number of aryl methyl sites for hydroxylation is 1. The van der Waals surface area contributed by atoms with Gasteiger partial charge in [0, 0.05) is 4.88 Å². The van der Waals surface area contributed by atoms with Gasteiger partial charge in [-0.1, -0.05) is 18.7 Å². The highest BCUT2D eigenvalue weighted by Crippen LogP contribution is 2.36. The van der Waals surface area contributed by atoms with Crippen LogP contribution in [0.1, 0.15) is 30.7 Å². The summed E-state index contributed by atoms with van der Waals surface area (Å²) in [6, 6.07) is -0.899. The van der Waals surface area contributed by atoms with Crippen molar-refractivity contribution in [2.45, 2.75) is 43.5 Å². The normalized spacial score (nSPS) is 18.2. The number of rotatable bonds is 3. The molecule has 4 N–H and O–H groups in total. The van der Waals surface area contributed by atoms with Crippen LogP contribution in [0.15, 0.2) is 9.95 Å². The number of imide groups is 1. The Kier molecular flexibility index (Phi) is 4.64. The fourth-order valence-corrected chi connectivity index (χ4v) is 5.07. The molecule has 2 aromatic rings. The van der Waals surface area contributed by atoms with Gasteiger partial charge in [0.05, 0.1) is 10.6 Å². The van der Waals surface area contributed by atoms with E-state index in [2.05, 4.69) is 16.9 Å².